The Morgan fingerprint density at radius 3 is 1.28 bits per heavy atom. The summed E-state index contributed by atoms with van der Waals surface area (Å²) in [6.45, 7) is 8.46. The van der Waals surface area contributed by atoms with Crippen LogP contribution in [0.15, 0.2) is 35.5 Å². The van der Waals surface area contributed by atoms with Crippen molar-refractivity contribution >= 4 is 28.1 Å². The van der Waals surface area contributed by atoms with Gasteiger partial charge in [-0.05, 0) is 0 Å². The number of halogens is 2. The van der Waals surface area contributed by atoms with Crippen LogP contribution < -0.4 is 0 Å². The maximum Gasteiger partial charge on any atom is -0.147 e. The molecule has 0 aromatic carbocycles. The van der Waals surface area contributed by atoms with E-state index in [0.717, 1.165) is 12.8 Å². The molecule has 2 aliphatic rings. The topological polar surface area (TPSA) is 0 Å². The molecule has 18 heavy (non-hydrogen) atoms. The Balaban J connectivity index is -0.000000182. The molecule has 0 radical (unpaired) electrons. The quantitative estimate of drug-likeness (QED) is 0.360. The van der Waals surface area contributed by atoms with Crippen LogP contribution in [0.5, 0.6) is 0 Å². The fourth-order valence-electron chi connectivity index (χ4n) is 0.998. The van der Waals surface area contributed by atoms with E-state index in [-0.39, 0.29) is 24.8 Å². The molecular formula is C15H22Cl2Hf. The average Bonchev–Trinajstić information content (AvgIpc) is 2.78. The number of rotatable bonds is 0. The third-order valence-electron chi connectivity index (χ3n) is 1.74. The summed E-state index contributed by atoms with van der Waals surface area (Å²) in [6, 6.07) is 0. The third kappa shape index (κ3) is 18.6. The third-order valence-corrected chi connectivity index (χ3v) is 1.74. The van der Waals surface area contributed by atoms with Gasteiger partial charge in [-0.2, -0.15) is 12.2 Å². The minimum Gasteiger partial charge on any atom is -0.147 e. The van der Waals surface area contributed by atoms with Gasteiger partial charge in [0.2, 0.25) is 0 Å². The molecule has 0 nitrogen and oxygen atoms in total. The van der Waals surface area contributed by atoms with Gasteiger partial charge in [-0.25, -0.2) is 23.3 Å². The van der Waals surface area contributed by atoms with Gasteiger partial charge in [0.15, 0.2) is 0 Å². The van der Waals surface area contributed by atoms with Gasteiger partial charge in [0.25, 0.3) is 0 Å². The molecule has 0 atom stereocenters. The van der Waals surface area contributed by atoms with Crippen molar-refractivity contribution in [2.75, 3.05) is 0 Å². The summed E-state index contributed by atoms with van der Waals surface area (Å²) in [6.07, 6.45) is 16.5. The number of hydrogen-bond acceptors (Lipinski definition) is 0. The molecule has 3 heteroatoms. The fourth-order valence-corrected chi connectivity index (χ4v) is 0.998. The van der Waals surface area contributed by atoms with Gasteiger partial charge < -0.3 is 0 Å². The number of allylic oxidation sites excluding steroid dienone is 8. The van der Waals surface area contributed by atoms with Gasteiger partial charge in [0.05, 0.1) is 0 Å². The molecule has 0 spiro atoms. The Morgan fingerprint density at radius 1 is 0.944 bits per heavy atom. The molecule has 0 saturated carbocycles. The zero-order valence-electron chi connectivity index (χ0n) is 11.5. The summed E-state index contributed by atoms with van der Waals surface area (Å²) in [7, 11) is 0. The van der Waals surface area contributed by atoms with Crippen LogP contribution in [0.25, 0.3) is 0 Å². The van der Waals surface area contributed by atoms with E-state index in [0.29, 0.717) is 0 Å². The first kappa shape index (κ1) is 23.4. The molecule has 0 N–H and O–H groups in total. The van der Waals surface area contributed by atoms with Gasteiger partial charge in [-0.15, -0.1) is 51.5 Å². The molecule has 0 heterocycles. The predicted molar refractivity (Wildman–Crippen MR) is 83.2 cm³/mol. The zero-order valence-corrected chi connectivity index (χ0v) is 16.8. The van der Waals surface area contributed by atoms with Crippen molar-refractivity contribution in [2.45, 2.75) is 40.5 Å². The van der Waals surface area contributed by atoms with Crippen LogP contribution in [0.1, 0.15) is 40.5 Å². The average molecular weight is 452 g/mol. The van der Waals surface area contributed by atoms with Gasteiger partial charge in [-0.1, -0.05) is 0 Å². The maximum atomic E-state index is 3.05. The normalized spacial score (nSPS) is 13.9. The summed E-state index contributed by atoms with van der Waals surface area (Å²) in [5.41, 5.74) is 2.69. The van der Waals surface area contributed by atoms with E-state index in [1.165, 1.54) is 35.0 Å². The second kappa shape index (κ2) is 15.3. The van der Waals surface area contributed by atoms with Gasteiger partial charge >= 0.3 is 41.0 Å². The second-order valence-corrected chi connectivity index (χ2v) is 7.59. The molecule has 0 amide bonds. The van der Waals surface area contributed by atoms with Crippen LogP contribution in [-0.2, 0) is 23.9 Å². The molecule has 0 aliphatic heterocycles. The van der Waals surface area contributed by atoms with E-state index in [9.17, 15) is 0 Å². The van der Waals surface area contributed by atoms with Crippen molar-refractivity contribution in [3.63, 3.8) is 0 Å². The van der Waals surface area contributed by atoms with Crippen molar-refractivity contribution in [3.8, 4) is 0 Å². The summed E-state index contributed by atoms with van der Waals surface area (Å²) in [4.78, 5) is 0. The van der Waals surface area contributed by atoms with Crippen molar-refractivity contribution in [1.29, 1.82) is 0 Å². The minimum atomic E-state index is 0. The maximum absolute atomic E-state index is 3.05. The summed E-state index contributed by atoms with van der Waals surface area (Å²) in [5.74, 6) is 0. The Bertz CT molecular complexity index is 299. The van der Waals surface area contributed by atoms with Crippen LogP contribution in [0.3, 0.4) is 0 Å². The minimum absolute atomic E-state index is 0. The van der Waals surface area contributed by atoms with Gasteiger partial charge in [0, 0.05) is 0 Å². The zero-order chi connectivity index (χ0) is 12.4. The van der Waals surface area contributed by atoms with Crippen LogP contribution in [0, 0.1) is 12.2 Å². The molecular weight excluding hydrogens is 430 g/mol. The van der Waals surface area contributed by atoms with E-state index in [2.05, 4.69) is 52.0 Å². The van der Waals surface area contributed by atoms with Crippen molar-refractivity contribution in [2.24, 2.45) is 0 Å². The Kier molecular flexibility index (Phi) is 19.9. The largest absolute Gasteiger partial charge is 0.147 e. The van der Waals surface area contributed by atoms with Gasteiger partial charge in [0.1, 0.15) is 0 Å². The molecule has 2 aliphatic carbocycles. The summed E-state index contributed by atoms with van der Waals surface area (Å²) < 4.78 is 1.56. The predicted octanol–water partition coefficient (Wildman–Crippen LogP) is 4.98. The first-order valence-corrected chi connectivity index (χ1v) is 7.30. The molecule has 0 aromatic heterocycles. The SMILES string of the molecule is CC1=CC[C-]=C1.CC1=CC[C-]=C1.C[C](C)=[Hf+2].Cl.Cl. The molecule has 0 fully saturated rings. The standard InChI is InChI=1S/2C6H7.C3H6.2ClH.Hf/c2*1-6-4-2-3-5-6;1-3-2;;;/h2*4-5H,2H2,1H3;1-2H3;2*1H;/q2*-1;;;;+2. The Hall–Kier alpha value is 0.280. The van der Waals surface area contributed by atoms with Crippen LogP contribution >= 0.6 is 24.8 Å². The van der Waals surface area contributed by atoms with E-state index in [1.54, 1.807) is 3.26 Å². The van der Waals surface area contributed by atoms with Crippen LogP contribution in [-0.4, -0.2) is 3.26 Å². The molecule has 0 bridgehead atoms. The fraction of sp³-hybridized carbons (Fsp3) is 0.400. The molecule has 0 unspecified atom stereocenters. The first-order valence-electron chi connectivity index (χ1n) is 5.51. The first-order chi connectivity index (χ1) is 7.52. The monoisotopic (exact) mass is 452 g/mol. The van der Waals surface area contributed by atoms with Crippen LogP contribution in [0.2, 0.25) is 0 Å². The number of hydrogen-bond donors (Lipinski definition) is 0. The summed E-state index contributed by atoms with van der Waals surface area (Å²) >= 11 is 1.27. The van der Waals surface area contributed by atoms with E-state index < -0.39 is 0 Å². The molecule has 0 saturated heterocycles. The van der Waals surface area contributed by atoms with E-state index in [4.69, 9.17) is 0 Å². The van der Waals surface area contributed by atoms with Gasteiger partial charge in [-0.3, -0.25) is 12.2 Å². The van der Waals surface area contributed by atoms with Crippen molar-refractivity contribution in [1.82, 2.24) is 0 Å². The molecule has 2 rings (SSSR count). The van der Waals surface area contributed by atoms with Crippen LogP contribution in [0.4, 0.5) is 0 Å². The molecule has 100 valence electrons. The summed E-state index contributed by atoms with van der Waals surface area (Å²) in [5, 5.41) is 0. The smallest absolute Gasteiger partial charge is 0.147 e. The Labute approximate surface area is 139 Å². The van der Waals surface area contributed by atoms with Crippen molar-refractivity contribution in [3.05, 3.63) is 47.6 Å². The Morgan fingerprint density at radius 2 is 1.22 bits per heavy atom. The van der Waals surface area contributed by atoms with E-state index >= 15 is 0 Å². The molecule has 0 aromatic rings. The van der Waals surface area contributed by atoms with E-state index in [1.807, 2.05) is 12.2 Å². The van der Waals surface area contributed by atoms with Crippen molar-refractivity contribution < 1.29 is 23.9 Å². The second-order valence-electron chi connectivity index (χ2n) is 4.00.